The largest absolute Gasteiger partial charge is 0.417 e. The van der Waals surface area contributed by atoms with Gasteiger partial charge in [-0.25, -0.2) is 4.39 Å². The lowest BCUT2D eigenvalue weighted by molar-refractivity contribution is -0.138. The molecule has 2 atom stereocenters. The fourth-order valence-corrected chi connectivity index (χ4v) is 5.94. The summed E-state index contributed by atoms with van der Waals surface area (Å²) >= 11 is 0. The minimum Gasteiger partial charge on any atom is -0.367 e. The molecule has 1 fully saturated rings. The number of aromatic nitrogens is 1. The summed E-state index contributed by atoms with van der Waals surface area (Å²) < 4.78 is 56.8. The first-order valence-corrected chi connectivity index (χ1v) is 16.3. The first-order chi connectivity index (χ1) is 22.8. The van der Waals surface area contributed by atoms with Crippen LogP contribution < -0.4 is 26.8 Å². The van der Waals surface area contributed by atoms with Gasteiger partial charge in [0.05, 0.1) is 22.5 Å². The highest BCUT2D eigenvalue weighted by Gasteiger charge is 2.36. The van der Waals surface area contributed by atoms with Gasteiger partial charge in [0.1, 0.15) is 5.82 Å². The molecule has 0 unspecified atom stereocenters. The fraction of sp³-hybridized carbons (Fsp3) is 0.457. The Kier molecular flexibility index (Phi) is 12.4. The molecule has 5 N–H and O–H groups in total. The predicted octanol–water partition coefficient (Wildman–Crippen LogP) is 6.01. The van der Waals surface area contributed by atoms with E-state index in [1.807, 2.05) is 25.8 Å². The average Bonchev–Trinajstić information content (AvgIpc) is 3.04. The van der Waals surface area contributed by atoms with Crippen molar-refractivity contribution in [3.05, 3.63) is 81.5 Å². The Morgan fingerprint density at radius 1 is 0.938 bits per heavy atom. The molecule has 1 saturated heterocycles. The van der Waals surface area contributed by atoms with Crippen LogP contribution in [0.4, 0.5) is 28.9 Å². The molecule has 2 amide bonds. The molecule has 1 aliphatic rings. The van der Waals surface area contributed by atoms with Gasteiger partial charge in [0.25, 0.3) is 11.8 Å². The molecular formula is C35H44F4N6O3. The summed E-state index contributed by atoms with van der Waals surface area (Å²) in [5, 5.41) is 5.42. The van der Waals surface area contributed by atoms with Gasteiger partial charge in [0, 0.05) is 55.1 Å². The summed E-state index contributed by atoms with van der Waals surface area (Å²) in [5.74, 6) is -2.16. The van der Waals surface area contributed by atoms with Crippen molar-refractivity contribution >= 4 is 23.2 Å². The van der Waals surface area contributed by atoms with Crippen LogP contribution in [0.3, 0.4) is 0 Å². The third kappa shape index (κ3) is 9.22. The van der Waals surface area contributed by atoms with E-state index in [1.165, 1.54) is 18.2 Å². The minimum atomic E-state index is -4.95. The zero-order chi connectivity index (χ0) is 35.0. The van der Waals surface area contributed by atoms with Crippen LogP contribution in [-0.2, 0) is 6.18 Å². The van der Waals surface area contributed by atoms with E-state index >= 15 is 4.39 Å². The summed E-state index contributed by atoms with van der Waals surface area (Å²) in [7, 11) is 2.01. The van der Waals surface area contributed by atoms with E-state index in [0.717, 1.165) is 50.8 Å². The average molecular weight is 673 g/mol. The van der Waals surface area contributed by atoms with Gasteiger partial charge >= 0.3 is 6.18 Å². The number of carbonyl (C=O) groups excluding carboxylic acids is 2. The van der Waals surface area contributed by atoms with Crippen molar-refractivity contribution in [1.29, 1.82) is 0 Å². The highest BCUT2D eigenvalue weighted by atomic mass is 19.4. The maximum absolute atomic E-state index is 15.5. The zero-order valence-corrected chi connectivity index (χ0v) is 27.6. The number of H-pyrrole nitrogens is 1. The molecule has 260 valence electrons. The predicted molar refractivity (Wildman–Crippen MR) is 180 cm³/mol. The molecule has 0 saturated carbocycles. The molecule has 2 aromatic carbocycles. The molecule has 0 bridgehead atoms. The Morgan fingerprint density at radius 3 is 2.25 bits per heavy atom. The number of nitrogens with zero attached hydrogens (tertiary/aromatic N) is 2. The molecule has 0 spiro atoms. The lowest BCUT2D eigenvalue weighted by atomic mass is 10.00. The lowest BCUT2D eigenvalue weighted by Crippen LogP contribution is -2.55. The van der Waals surface area contributed by atoms with Crippen LogP contribution in [0.5, 0.6) is 0 Å². The van der Waals surface area contributed by atoms with Gasteiger partial charge in [-0.1, -0.05) is 37.8 Å². The summed E-state index contributed by atoms with van der Waals surface area (Å²) in [6.45, 7) is 6.39. The van der Waals surface area contributed by atoms with Gasteiger partial charge in [-0.3, -0.25) is 19.3 Å². The second kappa shape index (κ2) is 16.2. The van der Waals surface area contributed by atoms with Crippen molar-refractivity contribution in [2.75, 3.05) is 43.4 Å². The summed E-state index contributed by atoms with van der Waals surface area (Å²) in [5.41, 5.74) is 3.75. The molecule has 2 heterocycles. The highest BCUT2D eigenvalue weighted by molar-refractivity contribution is 6.07. The smallest absolute Gasteiger partial charge is 0.367 e. The van der Waals surface area contributed by atoms with Gasteiger partial charge in [-0.2, -0.15) is 13.2 Å². The van der Waals surface area contributed by atoms with Crippen molar-refractivity contribution in [2.45, 2.75) is 70.6 Å². The third-order valence-corrected chi connectivity index (χ3v) is 8.88. The number of rotatable bonds is 13. The SMILES string of the molecule is C[C@@H]1CN(c2ccc(-c3ccc(C(=O)NCCCCCCCCN)cc3F)cc2NC(=O)c2c[nH]c(=O)cc2C(F)(F)F)C[C@H](C)N1C. The number of benzene rings is 2. The third-order valence-electron chi connectivity index (χ3n) is 8.88. The van der Waals surface area contributed by atoms with Gasteiger partial charge in [-0.05, 0) is 70.1 Å². The second-order valence-electron chi connectivity index (χ2n) is 12.4. The number of amides is 2. The van der Waals surface area contributed by atoms with Gasteiger partial charge in [0.2, 0.25) is 5.56 Å². The molecule has 4 rings (SSSR count). The maximum atomic E-state index is 15.5. The number of carbonyl (C=O) groups is 2. The Balaban J connectivity index is 1.59. The van der Waals surface area contributed by atoms with Crippen LogP contribution in [0.2, 0.25) is 0 Å². The van der Waals surface area contributed by atoms with Gasteiger partial charge < -0.3 is 26.3 Å². The molecule has 9 nitrogen and oxygen atoms in total. The Hall–Kier alpha value is -4.23. The second-order valence-corrected chi connectivity index (χ2v) is 12.4. The maximum Gasteiger partial charge on any atom is 0.417 e. The van der Waals surface area contributed by atoms with E-state index < -0.39 is 40.5 Å². The Labute approximate surface area is 277 Å². The first-order valence-electron chi connectivity index (χ1n) is 16.3. The van der Waals surface area contributed by atoms with Crippen molar-refractivity contribution in [3.63, 3.8) is 0 Å². The standard InChI is InChI=1S/C35H44F4N6O3/c1-22-20-45(21-23(2)44(22)3)31-13-11-24(17-30(31)43-34(48)27-19-42-32(46)18-28(27)35(37,38)39)26-12-10-25(16-29(26)36)33(47)41-15-9-7-5-4-6-8-14-40/h10-13,16-19,22-23H,4-9,14-15,20-21,40H2,1-3H3,(H,41,47)(H,42,46)(H,43,48)/t22-,23+. The number of pyridine rings is 1. The number of alkyl halides is 3. The number of unbranched alkanes of at least 4 members (excludes halogenated alkanes) is 5. The number of likely N-dealkylation sites (N-methyl/N-ethyl adjacent to an activating group) is 1. The van der Waals surface area contributed by atoms with Gasteiger partial charge in [-0.15, -0.1) is 0 Å². The molecule has 1 aromatic heterocycles. The Morgan fingerprint density at radius 2 is 1.60 bits per heavy atom. The fourth-order valence-electron chi connectivity index (χ4n) is 5.94. The van der Waals surface area contributed by atoms with E-state index in [0.29, 0.717) is 43.5 Å². The number of anilines is 2. The van der Waals surface area contributed by atoms with E-state index in [9.17, 15) is 27.6 Å². The molecule has 3 aromatic rings. The van der Waals surface area contributed by atoms with Crippen LogP contribution in [0.25, 0.3) is 11.1 Å². The van der Waals surface area contributed by atoms with Crippen molar-refractivity contribution in [3.8, 4) is 11.1 Å². The normalized spacial score (nSPS) is 17.0. The molecular weight excluding hydrogens is 628 g/mol. The topological polar surface area (TPSA) is 124 Å². The van der Waals surface area contributed by atoms with Crippen LogP contribution in [0.15, 0.2) is 53.5 Å². The number of nitrogens with one attached hydrogen (secondary N) is 3. The lowest BCUT2D eigenvalue weighted by Gasteiger charge is -2.44. The molecule has 13 heteroatoms. The van der Waals surface area contributed by atoms with E-state index in [2.05, 4.69) is 20.5 Å². The Bertz CT molecular complexity index is 1630. The number of piperazine rings is 1. The van der Waals surface area contributed by atoms with E-state index in [-0.39, 0.29) is 28.9 Å². The number of hydrogen-bond donors (Lipinski definition) is 4. The monoisotopic (exact) mass is 672 g/mol. The van der Waals surface area contributed by atoms with Crippen LogP contribution in [0, 0.1) is 5.82 Å². The molecule has 0 aliphatic carbocycles. The number of hydrogen-bond acceptors (Lipinski definition) is 6. The van der Waals surface area contributed by atoms with Crippen LogP contribution >= 0.6 is 0 Å². The van der Waals surface area contributed by atoms with Crippen molar-refractivity contribution < 1.29 is 27.2 Å². The number of halogens is 4. The highest BCUT2D eigenvalue weighted by Crippen LogP contribution is 2.36. The number of aromatic amines is 1. The van der Waals surface area contributed by atoms with Crippen molar-refractivity contribution in [2.24, 2.45) is 5.73 Å². The minimum absolute atomic E-state index is 0.130. The van der Waals surface area contributed by atoms with E-state index in [4.69, 9.17) is 5.73 Å². The van der Waals surface area contributed by atoms with Crippen molar-refractivity contribution in [1.82, 2.24) is 15.2 Å². The number of nitrogens with two attached hydrogens (primary N) is 1. The molecule has 48 heavy (non-hydrogen) atoms. The van der Waals surface area contributed by atoms with Gasteiger partial charge in [0.15, 0.2) is 0 Å². The molecule has 1 aliphatic heterocycles. The van der Waals surface area contributed by atoms with Crippen LogP contribution in [0.1, 0.15) is 78.7 Å². The van der Waals surface area contributed by atoms with Crippen LogP contribution in [-0.4, -0.2) is 67.0 Å². The van der Waals surface area contributed by atoms with E-state index in [1.54, 1.807) is 12.1 Å². The summed E-state index contributed by atoms with van der Waals surface area (Å²) in [4.78, 5) is 44.1. The zero-order valence-electron chi connectivity index (χ0n) is 27.6. The quantitative estimate of drug-likeness (QED) is 0.130. The summed E-state index contributed by atoms with van der Waals surface area (Å²) in [6, 6.07) is 9.59. The first kappa shape index (κ1) is 36.6. The molecule has 0 radical (unpaired) electrons. The summed E-state index contributed by atoms with van der Waals surface area (Å²) in [6.07, 6.45) is 1.82.